The molecule has 0 aliphatic carbocycles. The van der Waals surface area contributed by atoms with Gasteiger partial charge in [0.05, 0.1) is 18.8 Å². The number of halogens is 1. The molecule has 1 aromatic rings. The van der Waals surface area contributed by atoms with E-state index < -0.39 is 5.54 Å². The van der Waals surface area contributed by atoms with Gasteiger partial charge in [-0.3, -0.25) is 0 Å². The maximum Gasteiger partial charge on any atom is 0.123 e. The average molecular weight is 241 g/mol. The first-order valence-corrected chi connectivity index (χ1v) is 5.67. The van der Waals surface area contributed by atoms with E-state index in [1.165, 1.54) is 12.1 Å². The van der Waals surface area contributed by atoms with Gasteiger partial charge in [0.2, 0.25) is 0 Å². The van der Waals surface area contributed by atoms with Gasteiger partial charge in [0.15, 0.2) is 0 Å². The van der Waals surface area contributed by atoms with Crippen molar-refractivity contribution in [3.05, 3.63) is 30.1 Å². The van der Waals surface area contributed by atoms with Crippen molar-refractivity contribution in [1.82, 2.24) is 0 Å². The molecule has 0 aromatic heterocycles. The molecule has 0 aliphatic heterocycles. The van der Waals surface area contributed by atoms with Crippen molar-refractivity contribution in [3.8, 4) is 0 Å². The Morgan fingerprint density at radius 2 is 1.94 bits per heavy atom. The lowest BCUT2D eigenvalue weighted by atomic mass is 9.87. The summed E-state index contributed by atoms with van der Waals surface area (Å²) in [5, 5.41) is 12.8. The molecule has 1 aromatic carbocycles. The molecule has 0 amide bonds. The number of anilines is 1. The van der Waals surface area contributed by atoms with Gasteiger partial charge in [-0.05, 0) is 30.2 Å². The van der Waals surface area contributed by atoms with Gasteiger partial charge in [-0.25, -0.2) is 4.39 Å². The number of methoxy groups -OCH3 is 1. The van der Waals surface area contributed by atoms with E-state index in [4.69, 9.17) is 4.74 Å². The summed E-state index contributed by atoms with van der Waals surface area (Å²) < 4.78 is 18.0. The molecule has 0 radical (unpaired) electrons. The van der Waals surface area contributed by atoms with Crippen LogP contribution >= 0.6 is 0 Å². The van der Waals surface area contributed by atoms with Crippen molar-refractivity contribution in [3.63, 3.8) is 0 Å². The monoisotopic (exact) mass is 241 g/mol. The highest BCUT2D eigenvalue weighted by atomic mass is 19.1. The summed E-state index contributed by atoms with van der Waals surface area (Å²) >= 11 is 0. The molecule has 96 valence electrons. The minimum Gasteiger partial charge on any atom is -0.394 e. The number of ether oxygens (including phenoxy) is 1. The van der Waals surface area contributed by atoms with Gasteiger partial charge < -0.3 is 15.2 Å². The van der Waals surface area contributed by atoms with Crippen molar-refractivity contribution in [1.29, 1.82) is 0 Å². The summed E-state index contributed by atoms with van der Waals surface area (Å²) in [6, 6.07) is 6.07. The predicted octanol–water partition coefficient (Wildman–Crippen LogP) is 2.27. The highest BCUT2D eigenvalue weighted by Gasteiger charge is 2.33. The molecular formula is C13H20FNO2. The van der Waals surface area contributed by atoms with Crippen molar-refractivity contribution in [2.75, 3.05) is 25.6 Å². The molecular weight excluding hydrogens is 221 g/mol. The minimum absolute atomic E-state index is 0.0458. The van der Waals surface area contributed by atoms with Crippen LogP contribution in [0.25, 0.3) is 0 Å². The van der Waals surface area contributed by atoms with Crippen LogP contribution in [-0.4, -0.2) is 31.0 Å². The van der Waals surface area contributed by atoms with Gasteiger partial charge in [-0.15, -0.1) is 0 Å². The first-order valence-electron chi connectivity index (χ1n) is 5.67. The van der Waals surface area contributed by atoms with Gasteiger partial charge in [0.25, 0.3) is 0 Å². The zero-order valence-corrected chi connectivity index (χ0v) is 10.5. The maximum atomic E-state index is 12.8. The maximum absolute atomic E-state index is 12.8. The number of aliphatic hydroxyl groups is 1. The Hall–Kier alpha value is -1.13. The first kappa shape index (κ1) is 13.9. The molecule has 0 spiro atoms. The molecule has 3 nitrogen and oxygen atoms in total. The lowest BCUT2D eigenvalue weighted by Crippen LogP contribution is -2.51. The van der Waals surface area contributed by atoms with Crippen LogP contribution in [0.15, 0.2) is 24.3 Å². The zero-order chi connectivity index (χ0) is 12.9. The van der Waals surface area contributed by atoms with Crippen LogP contribution in [0.1, 0.15) is 13.8 Å². The third-order valence-corrected chi connectivity index (χ3v) is 3.03. The molecule has 0 bridgehead atoms. The normalized spacial score (nSPS) is 14.7. The van der Waals surface area contributed by atoms with E-state index in [9.17, 15) is 9.50 Å². The summed E-state index contributed by atoms with van der Waals surface area (Å²) in [4.78, 5) is 0. The second kappa shape index (κ2) is 5.98. The van der Waals surface area contributed by atoms with Crippen LogP contribution in [0.5, 0.6) is 0 Å². The smallest absolute Gasteiger partial charge is 0.123 e. The number of hydrogen-bond acceptors (Lipinski definition) is 3. The fraction of sp³-hybridized carbons (Fsp3) is 0.538. The van der Waals surface area contributed by atoms with E-state index in [0.717, 1.165) is 5.69 Å². The van der Waals surface area contributed by atoms with Gasteiger partial charge in [0.1, 0.15) is 5.82 Å². The van der Waals surface area contributed by atoms with Gasteiger partial charge in [-0.1, -0.05) is 13.8 Å². The Balaban J connectivity index is 2.88. The average Bonchev–Trinajstić information content (AvgIpc) is 2.31. The number of nitrogens with one attached hydrogen (secondary N) is 1. The molecule has 2 N–H and O–H groups in total. The third-order valence-electron chi connectivity index (χ3n) is 3.03. The molecule has 0 fully saturated rings. The third kappa shape index (κ3) is 3.41. The quantitative estimate of drug-likeness (QED) is 0.802. The van der Waals surface area contributed by atoms with Crippen LogP contribution in [0.3, 0.4) is 0 Å². The van der Waals surface area contributed by atoms with E-state index in [2.05, 4.69) is 5.32 Å². The molecule has 17 heavy (non-hydrogen) atoms. The number of benzene rings is 1. The molecule has 0 aliphatic rings. The fourth-order valence-corrected chi connectivity index (χ4v) is 1.69. The van der Waals surface area contributed by atoms with E-state index >= 15 is 0 Å². The number of hydrogen-bond donors (Lipinski definition) is 2. The predicted molar refractivity (Wildman–Crippen MR) is 66.6 cm³/mol. The van der Waals surface area contributed by atoms with Crippen LogP contribution in [0, 0.1) is 11.7 Å². The second-order valence-electron chi connectivity index (χ2n) is 4.53. The number of aliphatic hydroxyl groups excluding tert-OH is 1. The summed E-state index contributed by atoms with van der Waals surface area (Å²) in [5.41, 5.74) is 0.221. The van der Waals surface area contributed by atoms with Gasteiger partial charge in [0, 0.05) is 12.8 Å². The van der Waals surface area contributed by atoms with Crippen LogP contribution in [0.2, 0.25) is 0 Å². The van der Waals surface area contributed by atoms with Crippen LogP contribution in [0.4, 0.5) is 10.1 Å². The largest absolute Gasteiger partial charge is 0.394 e. The van der Waals surface area contributed by atoms with Crippen molar-refractivity contribution < 1.29 is 14.2 Å². The Morgan fingerprint density at radius 3 is 2.35 bits per heavy atom. The zero-order valence-electron chi connectivity index (χ0n) is 10.5. The fourth-order valence-electron chi connectivity index (χ4n) is 1.69. The summed E-state index contributed by atoms with van der Waals surface area (Å²) in [6.45, 7) is 4.35. The van der Waals surface area contributed by atoms with Gasteiger partial charge >= 0.3 is 0 Å². The second-order valence-corrected chi connectivity index (χ2v) is 4.53. The lowest BCUT2D eigenvalue weighted by Gasteiger charge is -2.37. The van der Waals surface area contributed by atoms with E-state index in [-0.39, 0.29) is 18.3 Å². The molecule has 1 unspecified atom stereocenters. The number of rotatable bonds is 6. The Labute approximate surface area is 102 Å². The Bertz CT molecular complexity index is 340. The first-order chi connectivity index (χ1) is 8.04. The molecule has 1 atom stereocenters. The molecule has 1 rings (SSSR count). The highest BCUT2D eigenvalue weighted by Crippen LogP contribution is 2.23. The SMILES string of the molecule is COCC(CO)(Nc1ccc(F)cc1)C(C)C. The van der Waals surface area contributed by atoms with Crippen molar-refractivity contribution >= 4 is 5.69 Å². The topological polar surface area (TPSA) is 41.5 Å². The van der Waals surface area contributed by atoms with E-state index in [1.54, 1.807) is 19.2 Å². The van der Waals surface area contributed by atoms with Crippen molar-refractivity contribution in [2.24, 2.45) is 5.92 Å². The summed E-state index contributed by atoms with van der Waals surface area (Å²) in [7, 11) is 1.60. The summed E-state index contributed by atoms with van der Waals surface area (Å²) in [5.74, 6) is -0.0982. The van der Waals surface area contributed by atoms with Gasteiger partial charge in [-0.2, -0.15) is 0 Å². The van der Waals surface area contributed by atoms with E-state index in [1.807, 2.05) is 13.8 Å². The Morgan fingerprint density at radius 1 is 1.35 bits per heavy atom. The minimum atomic E-state index is -0.549. The molecule has 4 heteroatoms. The summed E-state index contributed by atoms with van der Waals surface area (Å²) in [6.07, 6.45) is 0. The highest BCUT2D eigenvalue weighted by molar-refractivity contribution is 5.46. The lowest BCUT2D eigenvalue weighted by molar-refractivity contribution is 0.0724. The van der Waals surface area contributed by atoms with Crippen LogP contribution < -0.4 is 5.32 Å². The Kier molecular flexibility index (Phi) is 4.90. The molecule has 0 saturated carbocycles. The molecule has 0 heterocycles. The van der Waals surface area contributed by atoms with Crippen molar-refractivity contribution in [2.45, 2.75) is 19.4 Å². The van der Waals surface area contributed by atoms with Crippen LogP contribution in [-0.2, 0) is 4.74 Å². The molecule has 0 saturated heterocycles. The standard InChI is InChI=1S/C13H20FNO2/c1-10(2)13(8-16,9-17-3)15-12-6-4-11(14)5-7-12/h4-7,10,15-16H,8-9H2,1-3H3. The van der Waals surface area contributed by atoms with E-state index in [0.29, 0.717) is 6.61 Å².